The summed E-state index contributed by atoms with van der Waals surface area (Å²) in [4.78, 5) is 12.8. The summed E-state index contributed by atoms with van der Waals surface area (Å²) >= 11 is 1.79. The number of ether oxygens (including phenoxy) is 1. The number of amides is 1. The predicted molar refractivity (Wildman–Crippen MR) is 89.1 cm³/mol. The maximum Gasteiger partial charge on any atom is 0.407 e. The van der Waals surface area contributed by atoms with Crippen LogP contribution in [0.15, 0.2) is 17.5 Å². The fraction of sp³-hybridized carbons (Fsp3) is 0.688. The Balaban J connectivity index is 2.11. The first kappa shape index (κ1) is 18.0. The molecule has 0 aliphatic carbocycles. The molecule has 0 unspecified atom stereocenters. The van der Waals surface area contributed by atoms with Crippen molar-refractivity contribution < 1.29 is 9.53 Å². The van der Waals surface area contributed by atoms with Gasteiger partial charge in [0.25, 0.3) is 0 Å². The summed E-state index contributed by atoms with van der Waals surface area (Å²) in [5.74, 6) is 0. The lowest BCUT2D eigenvalue weighted by Gasteiger charge is -2.24. The Bertz CT molecular complexity index is 422. The number of hydrogen-bond donors (Lipinski definition) is 2. The molecule has 21 heavy (non-hydrogen) atoms. The van der Waals surface area contributed by atoms with Crippen LogP contribution in [-0.2, 0) is 10.2 Å². The van der Waals surface area contributed by atoms with E-state index >= 15 is 0 Å². The maximum absolute atomic E-state index is 11.5. The minimum absolute atomic E-state index is 0.146. The van der Waals surface area contributed by atoms with Crippen LogP contribution < -0.4 is 10.6 Å². The zero-order valence-corrected chi connectivity index (χ0v) is 14.6. The Kier molecular flexibility index (Phi) is 6.68. The summed E-state index contributed by atoms with van der Waals surface area (Å²) in [7, 11) is 0. The molecular weight excluding hydrogens is 284 g/mol. The Morgan fingerprint density at radius 3 is 2.52 bits per heavy atom. The van der Waals surface area contributed by atoms with Crippen molar-refractivity contribution in [1.29, 1.82) is 0 Å². The number of nitrogens with one attached hydrogen (secondary N) is 2. The molecule has 1 aromatic heterocycles. The average molecular weight is 312 g/mol. The molecule has 0 bridgehead atoms. The van der Waals surface area contributed by atoms with E-state index in [1.165, 1.54) is 4.88 Å². The van der Waals surface area contributed by atoms with Crippen LogP contribution in [0.4, 0.5) is 4.79 Å². The maximum atomic E-state index is 11.5. The van der Waals surface area contributed by atoms with Gasteiger partial charge in [0.15, 0.2) is 0 Å². The molecule has 0 fully saturated rings. The standard InChI is InChI=1S/C16H28N2O2S/c1-15(2,3)20-14(19)18-10-7-9-17-12-16(4,5)13-8-6-11-21-13/h6,8,11,17H,7,9-10,12H2,1-5H3,(H,18,19). The highest BCUT2D eigenvalue weighted by molar-refractivity contribution is 7.10. The SMILES string of the molecule is CC(C)(C)OC(=O)NCCCNCC(C)(C)c1cccs1. The highest BCUT2D eigenvalue weighted by Crippen LogP contribution is 2.26. The van der Waals surface area contributed by atoms with Crippen LogP contribution >= 0.6 is 11.3 Å². The van der Waals surface area contributed by atoms with Gasteiger partial charge in [-0.25, -0.2) is 4.79 Å². The molecule has 0 aromatic carbocycles. The number of hydrogen-bond acceptors (Lipinski definition) is 4. The van der Waals surface area contributed by atoms with E-state index in [1.807, 2.05) is 20.8 Å². The molecule has 0 atom stereocenters. The molecule has 1 aromatic rings. The van der Waals surface area contributed by atoms with Crippen molar-refractivity contribution in [3.05, 3.63) is 22.4 Å². The highest BCUT2D eigenvalue weighted by Gasteiger charge is 2.20. The van der Waals surface area contributed by atoms with Gasteiger partial charge in [0, 0.05) is 23.4 Å². The van der Waals surface area contributed by atoms with Gasteiger partial charge in [-0.3, -0.25) is 0 Å². The highest BCUT2D eigenvalue weighted by atomic mass is 32.1. The zero-order chi connectivity index (χ0) is 15.9. The molecule has 4 nitrogen and oxygen atoms in total. The van der Waals surface area contributed by atoms with Gasteiger partial charge in [-0.2, -0.15) is 0 Å². The molecule has 2 N–H and O–H groups in total. The van der Waals surface area contributed by atoms with Crippen LogP contribution in [0, 0.1) is 0 Å². The molecule has 120 valence electrons. The summed E-state index contributed by atoms with van der Waals surface area (Å²) in [5, 5.41) is 8.33. The Labute approximate surface area is 132 Å². The van der Waals surface area contributed by atoms with E-state index in [0.717, 1.165) is 19.5 Å². The normalized spacial score (nSPS) is 12.2. The molecule has 1 rings (SSSR count). The van der Waals surface area contributed by atoms with E-state index in [-0.39, 0.29) is 11.5 Å². The molecule has 1 heterocycles. The quantitative estimate of drug-likeness (QED) is 0.757. The van der Waals surface area contributed by atoms with Gasteiger partial charge >= 0.3 is 6.09 Å². The number of thiophene rings is 1. The van der Waals surface area contributed by atoms with Crippen LogP contribution in [0.5, 0.6) is 0 Å². The van der Waals surface area contributed by atoms with Gasteiger partial charge < -0.3 is 15.4 Å². The van der Waals surface area contributed by atoms with Gasteiger partial charge in [0.05, 0.1) is 0 Å². The van der Waals surface area contributed by atoms with Crippen LogP contribution in [0.3, 0.4) is 0 Å². The zero-order valence-electron chi connectivity index (χ0n) is 13.8. The summed E-state index contributed by atoms with van der Waals surface area (Å²) in [6.45, 7) is 12.5. The fourth-order valence-corrected chi connectivity index (χ4v) is 2.72. The van der Waals surface area contributed by atoms with Crippen molar-refractivity contribution in [2.24, 2.45) is 0 Å². The van der Waals surface area contributed by atoms with Gasteiger partial charge in [0.2, 0.25) is 0 Å². The van der Waals surface area contributed by atoms with Gasteiger partial charge in [-0.05, 0) is 45.2 Å². The lowest BCUT2D eigenvalue weighted by atomic mass is 9.91. The van der Waals surface area contributed by atoms with Crippen molar-refractivity contribution in [2.75, 3.05) is 19.6 Å². The van der Waals surface area contributed by atoms with E-state index < -0.39 is 5.60 Å². The third-order valence-corrected chi connectivity index (χ3v) is 4.19. The first-order valence-electron chi connectivity index (χ1n) is 7.42. The van der Waals surface area contributed by atoms with Gasteiger partial charge in [-0.1, -0.05) is 19.9 Å². The van der Waals surface area contributed by atoms with E-state index in [1.54, 1.807) is 11.3 Å². The minimum atomic E-state index is -0.437. The Hall–Kier alpha value is -1.07. The van der Waals surface area contributed by atoms with Gasteiger partial charge in [-0.15, -0.1) is 11.3 Å². The molecule has 0 saturated carbocycles. The van der Waals surface area contributed by atoms with Crippen LogP contribution in [0.1, 0.15) is 45.9 Å². The predicted octanol–water partition coefficient (Wildman–Crippen LogP) is 3.53. The summed E-state index contributed by atoms with van der Waals surface area (Å²) < 4.78 is 5.18. The van der Waals surface area contributed by atoms with Gasteiger partial charge in [0.1, 0.15) is 5.60 Å². The molecule has 0 aliphatic rings. The average Bonchev–Trinajstić information content (AvgIpc) is 2.85. The lowest BCUT2D eigenvalue weighted by molar-refractivity contribution is 0.0527. The molecule has 0 radical (unpaired) electrons. The largest absolute Gasteiger partial charge is 0.444 e. The lowest BCUT2D eigenvalue weighted by Crippen LogP contribution is -2.36. The topological polar surface area (TPSA) is 50.4 Å². The van der Waals surface area contributed by atoms with Crippen molar-refractivity contribution in [3.63, 3.8) is 0 Å². The molecule has 5 heteroatoms. The smallest absolute Gasteiger partial charge is 0.407 e. The van der Waals surface area contributed by atoms with E-state index in [2.05, 4.69) is 42.0 Å². The molecule has 1 amide bonds. The van der Waals surface area contributed by atoms with Crippen molar-refractivity contribution >= 4 is 17.4 Å². The van der Waals surface area contributed by atoms with Crippen molar-refractivity contribution in [1.82, 2.24) is 10.6 Å². The molecular formula is C16H28N2O2S. The van der Waals surface area contributed by atoms with Crippen molar-refractivity contribution in [3.8, 4) is 0 Å². The van der Waals surface area contributed by atoms with E-state index in [0.29, 0.717) is 6.54 Å². The minimum Gasteiger partial charge on any atom is -0.444 e. The number of carbonyl (C=O) groups excluding carboxylic acids is 1. The second-order valence-electron chi connectivity index (χ2n) is 6.82. The second-order valence-corrected chi connectivity index (χ2v) is 7.77. The van der Waals surface area contributed by atoms with Crippen LogP contribution in [0.2, 0.25) is 0 Å². The number of alkyl carbamates (subject to hydrolysis) is 1. The third kappa shape index (κ3) is 7.48. The summed E-state index contributed by atoms with van der Waals surface area (Å²) in [6, 6.07) is 4.27. The molecule has 0 spiro atoms. The third-order valence-electron chi connectivity index (χ3n) is 2.95. The van der Waals surface area contributed by atoms with E-state index in [9.17, 15) is 4.79 Å². The Morgan fingerprint density at radius 1 is 1.24 bits per heavy atom. The fourth-order valence-electron chi connectivity index (χ4n) is 1.87. The van der Waals surface area contributed by atoms with E-state index in [4.69, 9.17) is 4.74 Å². The number of rotatable bonds is 7. The van der Waals surface area contributed by atoms with Crippen LogP contribution in [-0.4, -0.2) is 31.3 Å². The first-order chi connectivity index (χ1) is 9.71. The molecule has 0 aliphatic heterocycles. The summed E-state index contributed by atoms with van der Waals surface area (Å²) in [6.07, 6.45) is 0.543. The second kappa shape index (κ2) is 7.80. The van der Waals surface area contributed by atoms with Crippen molar-refractivity contribution in [2.45, 2.75) is 52.1 Å². The number of carbonyl (C=O) groups is 1. The van der Waals surface area contributed by atoms with Crippen LogP contribution in [0.25, 0.3) is 0 Å². The monoisotopic (exact) mass is 312 g/mol. The molecule has 0 saturated heterocycles. The first-order valence-corrected chi connectivity index (χ1v) is 8.30. The summed E-state index contributed by atoms with van der Waals surface area (Å²) in [5.41, 5.74) is -0.292. The Morgan fingerprint density at radius 2 is 1.95 bits per heavy atom.